The van der Waals surface area contributed by atoms with Crippen molar-refractivity contribution in [3.63, 3.8) is 0 Å². The van der Waals surface area contributed by atoms with E-state index in [4.69, 9.17) is 0 Å². The lowest BCUT2D eigenvalue weighted by atomic mass is 10.0. The van der Waals surface area contributed by atoms with Crippen LogP contribution in [-0.4, -0.2) is 43.3 Å². The number of ketones is 1. The monoisotopic (exact) mass is 350 g/mol. The van der Waals surface area contributed by atoms with Gasteiger partial charge in [-0.05, 0) is 37.1 Å². The molecule has 2 aromatic carbocycles. The van der Waals surface area contributed by atoms with Crippen molar-refractivity contribution in [2.45, 2.75) is 19.3 Å². The number of Topliss-reactive ketones (excluding diaryl/α,β-unsaturated/α-hetero) is 1. The molecule has 0 aromatic heterocycles. The van der Waals surface area contributed by atoms with Crippen molar-refractivity contribution in [1.82, 2.24) is 10.2 Å². The molecule has 136 valence electrons. The number of hydrogen-bond acceptors (Lipinski definition) is 3. The van der Waals surface area contributed by atoms with Gasteiger partial charge < -0.3 is 10.2 Å². The number of carbonyl (C=O) groups is 2. The zero-order valence-electron chi connectivity index (χ0n) is 15.3. The van der Waals surface area contributed by atoms with Crippen LogP contribution in [0.3, 0.4) is 0 Å². The van der Waals surface area contributed by atoms with E-state index in [1.54, 1.807) is 0 Å². The number of hydrogen-bond donors (Lipinski definition) is 1. The van der Waals surface area contributed by atoms with Crippen LogP contribution in [0.1, 0.15) is 29.6 Å². The van der Waals surface area contributed by atoms with Crippen molar-refractivity contribution in [2.75, 3.05) is 26.7 Å². The van der Waals surface area contributed by atoms with E-state index in [0.717, 1.165) is 37.2 Å². The highest BCUT2D eigenvalue weighted by Crippen LogP contribution is 2.21. The van der Waals surface area contributed by atoms with E-state index in [1.807, 2.05) is 66.5 Å². The summed E-state index contributed by atoms with van der Waals surface area (Å²) < 4.78 is 0. The predicted molar refractivity (Wildman–Crippen MR) is 104 cm³/mol. The summed E-state index contributed by atoms with van der Waals surface area (Å²) in [6, 6.07) is 17.7. The van der Waals surface area contributed by atoms with Gasteiger partial charge in [0.05, 0.1) is 0 Å². The fourth-order valence-electron chi connectivity index (χ4n) is 3.52. The van der Waals surface area contributed by atoms with Crippen molar-refractivity contribution in [3.8, 4) is 11.1 Å². The first kappa shape index (κ1) is 18.3. The third-order valence-electron chi connectivity index (χ3n) is 5.01. The maximum absolute atomic E-state index is 12.4. The summed E-state index contributed by atoms with van der Waals surface area (Å²) in [6.07, 6.45) is 1.61. The van der Waals surface area contributed by atoms with Crippen LogP contribution >= 0.6 is 0 Å². The molecule has 1 unspecified atom stereocenters. The smallest absolute Gasteiger partial charge is 0.223 e. The SMILES string of the molecule is CNCC1CCN(C(=O)CCC(=O)c2ccc(-c3ccccc3)cc2)C1. The standard InChI is InChI=1S/C22H26N2O2/c1-23-15-17-13-14-24(16-17)22(26)12-11-21(25)20-9-7-19(8-10-20)18-5-3-2-4-6-18/h2-10,17,23H,11-16H2,1H3. The van der Waals surface area contributed by atoms with E-state index in [2.05, 4.69) is 5.32 Å². The first-order valence-electron chi connectivity index (χ1n) is 9.28. The number of rotatable bonds is 7. The second kappa shape index (κ2) is 8.77. The summed E-state index contributed by atoms with van der Waals surface area (Å²) in [5, 5.41) is 3.17. The Labute approximate surface area is 155 Å². The summed E-state index contributed by atoms with van der Waals surface area (Å²) in [4.78, 5) is 26.6. The average molecular weight is 350 g/mol. The minimum atomic E-state index is 0.0314. The molecule has 1 fully saturated rings. The van der Waals surface area contributed by atoms with Gasteiger partial charge in [0, 0.05) is 31.5 Å². The lowest BCUT2D eigenvalue weighted by Gasteiger charge is -2.16. The Morgan fingerprint density at radius 1 is 1.00 bits per heavy atom. The number of benzene rings is 2. The highest BCUT2D eigenvalue weighted by Gasteiger charge is 2.25. The first-order valence-corrected chi connectivity index (χ1v) is 9.28. The van der Waals surface area contributed by atoms with Gasteiger partial charge >= 0.3 is 0 Å². The van der Waals surface area contributed by atoms with E-state index >= 15 is 0 Å². The summed E-state index contributed by atoms with van der Waals surface area (Å²) in [5.41, 5.74) is 2.89. The molecular weight excluding hydrogens is 324 g/mol. The molecule has 1 aliphatic heterocycles. The molecule has 0 spiro atoms. The molecule has 1 amide bonds. The maximum Gasteiger partial charge on any atom is 0.223 e. The van der Waals surface area contributed by atoms with E-state index in [1.165, 1.54) is 0 Å². The minimum absolute atomic E-state index is 0.0314. The molecule has 0 bridgehead atoms. The zero-order valence-corrected chi connectivity index (χ0v) is 15.3. The number of nitrogens with one attached hydrogen (secondary N) is 1. The van der Waals surface area contributed by atoms with Gasteiger partial charge in [-0.1, -0.05) is 54.6 Å². The molecule has 0 radical (unpaired) electrons. The van der Waals surface area contributed by atoms with Gasteiger partial charge in [0.1, 0.15) is 0 Å². The van der Waals surface area contributed by atoms with Crippen molar-refractivity contribution in [1.29, 1.82) is 0 Å². The first-order chi connectivity index (χ1) is 12.7. The second-order valence-electron chi connectivity index (χ2n) is 6.92. The van der Waals surface area contributed by atoms with Gasteiger partial charge in [0.15, 0.2) is 5.78 Å². The number of amides is 1. The Morgan fingerprint density at radius 3 is 2.38 bits per heavy atom. The minimum Gasteiger partial charge on any atom is -0.342 e. The van der Waals surface area contributed by atoms with Gasteiger partial charge in [-0.25, -0.2) is 0 Å². The van der Waals surface area contributed by atoms with Crippen LogP contribution in [0.2, 0.25) is 0 Å². The Kier molecular flexibility index (Phi) is 6.18. The molecule has 0 saturated carbocycles. The lowest BCUT2D eigenvalue weighted by molar-refractivity contribution is -0.130. The van der Waals surface area contributed by atoms with Gasteiger partial charge in [-0.15, -0.1) is 0 Å². The molecule has 1 saturated heterocycles. The Balaban J connectivity index is 1.51. The summed E-state index contributed by atoms with van der Waals surface area (Å²) >= 11 is 0. The second-order valence-corrected chi connectivity index (χ2v) is 6.92. The van der Waals surface area contributed by atoms with Crippen LogP contribution in [0.15, 0.2) is 54.6 Å². The highest BCUT2D eigenvalue weighted by atomic mass is 16.2. The van der Waals surface area contributed by atoms with E-state index < -0.39 is 0 Å². The topological polar surface area (TPSA) is 49.4 Å². The number of likely N-dealkylation sites (tertiary alicyclic amines) is 1. The van der Waals surface area contributed by atoms with Crippen LogP contribution < -0.4 is 5.32 Å². The van der Waals surface area contributed by atoms with E-state index in [9.17, 15) is 9.59 Å². The number of nitrogens with zero attached hydrogens (tertiary/aromatic N) is 1. The summed E-state index contributed by atoms with van der Waals surface area (Å²) in [7, 11) is 1.94. The molecule has 4 heteroatoms. The maximum atomic E-state index is 12.4. The van der Waals surface area contributed by atoms with Crippen LogP contribution in [0.25, 0.3) is 11.1 Å². The third-order valence-corrected chi connectivity index (χ3v) is 5.01. The van der Waals surface area contributed by atoms with Gasteiger partial charge in [0.2, 0.25) is 5.91 Å². The summed E-state index contributed by atoms with van der Waals surface area (Å²) in [6.45, 7) is 2.56. The van der Waals surface area contributed by atoms with Crippen LogP contribution in [0.5, 0.6) is 0 Å². The molecule has 1 heterocycles. The predicted octanol–water partition coefficient (Wildman–Crippen LogP) is 3.38. The largest absolute Gasteiger partial charge is 0.342 e. The molecule has 1 N–H and O–H groups in total. The third kappa shape index (κ3) is 4.58. The van der Waals surface area contributed by atoms with Gasteiger partial charge in [-0.2, -0.15) is 0 Å². The fourth-order valence-corrected chi connectivity index (χ4v) is 3.52. The van der Waals surface area contributed by atoms with Gasteiger partial charge in [0.25, 0.3) is 0 Å². The average Bonchev–Trinajstić information content (AvgIpc) is 3.16. The van der Waals surface area contributed by atoms with Crippen molar-refractivity contribution in [2.24, 2.45) is 5.92 Å². The Hall–Kier alpha value is -2.46. The van der Waals surface area contributed by atoms with Crippen molar-refractivity contribution < 1.29 is 9.59 Å². The molecule has 3 rings (SSSR count). The molecule has 1 atom stereocenters. The Morgan fingerprint density at radius 2 is 1.69 bits per heavy atom. The molecule has 0 aliphatic carbocycles. The molecule has 1 aliphatic rings. The van der Waals surface area contributed by atoms with Crippen LogP contribution in [-0.2, 0) is 4.79 Å². The molecule has 2 aromatic rings. The fraction of sp³-hybridized carbons (Fsp3) is 0.364. The van der Waals surface area contributed by atoms with Crippen LogP contribution in [0, 0.1) is 5.92 Å². The van der Waals surface area contributed by atoms with Crippen molar-refractivity contribution in [3.05, 3.63) is 60.2 Å². The normalized spacial score (nSPS) is 16.7. The quantitative estimate of drug-likeness (QED) is 0.779. The lowest BCUT2D eigenvalue weighted by Crippen LogP contribution is -2.30. The number of carbonyl (C=O) groups excluding carboxylic acids is 2. The molecule has 26 heavy (non-hydrogen) atoms. The van der Waals surface area contributed by atoms with E-state index in [0.29, 0.717) is 17.9 Å². The van der Waals surface area contributed by atoms with E-state index in [-0.39, 0.29) is 18.1 Å². The Bertz CT molecular complexity index is 740. The van der Waals surface area contributed by atoms with Crippen LogP contribution in [0.4, 0.5) is 0 Å². The molecular formula is C22H26N2O2. The molecule has 4 nitrogen and oxygen atoms in total. The zero-order chi connectivity index (χ0) is 18.4. The summed E-state index contributed by atoms with van der Waals surface area (Å²) in [5.74, 6) is 0.659. The van der Waals surface area contributed by atoms with Crippen molar-refractivity contribution >= 4 is 11.7 Å². The van der Waals surface area contributed by atoms with Gasteiger partial charge in [-0.3, -0.25) is 9.59 Å². The highest BCUT2D eigenvalue weighted by molar-refractivity contribution is 5.98.